The monoisotopic (exact) mass is 231 g/mol. The van der Waals surface area contributed by atoms with Gasteiger partial charge in [-0.15, -0.1) is 13.2 Å². The maximum Gasteiger partial charge on any atom is 0.301 e. The molecule has 1 aromatic carbocycles. The average Bonchev–Trinajstić information content (AvgIpc) is 2.19. The summed E-state index contributed by atoms with van der Waals surface area (Å²) < 4.78 is 29.8. The van der Waals surface area contributed by atoms with Crippen molar-refractivity contribution in [3.05, 3.63) is 47.5 Å². The third-order valence-electron chi connectivity index (χ3n) is 1.34. The number of hydrogen-bond donors (Lipinski definition) is 1. The van der Waals surface area contributed by atoms with Crippen LogP contribution in [0.4, 0.5) is 5.69 Å². The SMILES string of the molecule is C=C.O=[N+]([O-])c1ccccc1S(=O)(=O)O. The van der Waals surface area contributed by atoms with Crippen molar-refractivity contribution in [2.45, 2.75) is 4.90 Å². The summed E-state index contributed by atoms with van der Waals surface area (Å²) in [5, 5.41) is 10.3. The predicted octanol–water partition coefficient (Wildman–Crippen LogP) is 1.64. The summed E-state index contributed by atoms with van der Waals surface area (Å²) in [5.41, 5.74) is -0.634. The summed E-state index contributed by atoms with van der Waals surface area (Å²) in [6.45, 7) is 6.00. The highest BCUT2D eigenvalue weighted by atomic mass is 32.2. The van der Waals surface area contributed by atoms with Gasteiger partial charge in [0, 0.05) is 6.07 Å². The van der Waals surface area contributed by atoms with E-state index in [0.717, 1.165) is 12.1 Å². The summed E-state index contributed by atoms with van der Waals surface area (Å²) in [4.78, 5) is 8.73. The lowest BCUT2D eigenvalue weighted by Crippen LogP contribution is -2.02. The van der Waals surface area contributed by atoms with E-state index in [4.69, 9.17) is 4.55 Å². The van der Waals surface area contributed by atoms with E-state index in [1.165, 1.54) is 12.1 Å². The molecule has 0 saturated heterocycles. The molecule has 0 bridgehead atoms. The van der Waals surface area contributed by atoms with E-state index < -0.39 is 25.6 Å². The molecule has 0 aliphatic carbocycles. The molecule has 6 nitrogen and oxygen atoms in total. The van der Waals surface area contributed by atoms with Gasteiger partial charge in [-0.05, 0) is 6.07 Å². The van der Waals surface area contributed by atoms with Gasteiger partial charge in [-0.2, -0.15) is 8.42 Å². The Hall–Kier alpha value is -1.73. The van der Waals surface area contributed by atoms with E-state index in [-0.39, 0.29) is 0 Å². The number of nitrogens with zero attached hydrogens (tertiary/aromatic N) is 1. The van der Waals surface area contributed by atoms with Crippen LogP contribution in [0, 0.1) is 10.1 Å². The summed E-state index contributed by atoms with van der Waals surface area (Å²) in [5.74, 6) is 0. The van der Waals surface area contributed by atoms with Gasteiger partial charge in [0.1, 0.15) is 0 Å². The van der Waals surface area contributed by atoms with Crippen molar-refractivity contribution in [3.63, 3.8) is 0 Å². The molecule has 0 aliphatic rings. The first kappa shape index (κ1) is 13.3. The standard InChI is InChI=1S/C6H5NO5S.C2H4/c8-7(9)5-3-1-2-4-6(5)13(10,11)12;1-2/h1-4H,(H,10,11,12);1-2H2. The second kappa shape index (κ2) is 5.23. The highest BCUT2D eigenvalue weighted by molar-refractivity contribution is 7.86. The number of nitro groups is 1. The number of hydrogen-bond acceptors (Lipinski definition) is 4. The van der Waals surface area contributed by atoms with Gasteiger partial charge in [-0.3, -0.25) is 14.7 Å². The zero-order valence-electron chi connectivity index (χ0n) is 7.66. The van der Waals surface area contributed by atoms with Crippen LogP contribution >= 0.6 is 0 Å². The predicted molar refractivity (Wildman–Crippen MR) is 54.2 cm³/mol. The Kier molecular flexibility index (Phi) is 4.62. The molecule has 0 spiro atoms. The van der Waals surface area contributed by atoms with Crippen LogP contribution in [0.25, 0.3) is 0 Å². The number of nitro benzene ring substituents is 1. The Balaban J connectivity index is 0.000000921. The fraction of sp³-hybridized carbons (Fsp3) is 0. The van der Waals surface area contributed by atoms with Crippen LogP contribution in [0.5, 0.6) is 0 Å². The van der Waals surface area contributed by atoms with Crippen LogP contribution in [-0.2, 0) is 10.1 Å². The largest absolute Gasteiger partial charge is 0.301 e. The molecule has 0 saturated carbocycles. The van der Waals surface area contributed by atoms with Crippen molar-refractivity contribution >= 4 is 15.8 Å². The molecule has 1 N–H and O–H groups in total. The molecule has 0 radical (unpaired) electrons. The van der Waals surface area contributed by atoms with E-state index >= 15 is 0 Å². The van der Waals surface area contributed by atoms with Gasteiger partial charge in [0.25, 0.3) is 5.69 Å². The molecule has 0 fully saturated rings. The van der Waals surface area contributed by atoms with Gasteiger partial charge in [0.05, 0.1) is 4.92 Å². The van der Waals surface area contributed by atoms with Gasteiger partial charge in [-0.1, -0.05) is 12.1 Å². The van der Waals surface area contributed by atoms with Gasteiger partial charge in [0.2, 0.25) is 0 Å². The third-order valence-corrected chi connectivity index (χ3v) is 2.24. The van der Waals surface area contributed by atoms with E-state index in [2.05, 4.69) is 13.2 Å². The first-order valence-corrected chi connectivity index (χ1v) is 5.08. The minimum absolute atomic E-state index is 0.634. The topological polar surface area (TPSA) is 97.5 Å². The van der Waals surface area contributed by atoms with Gasteiger partial charge >= 0.3 is 10.1 Å². The zero-order chi connectivity index (χ0) is 12.1. The summed E-state index contributed by atoms with van der Waals surface area (Å²) in [6, 6.07) is 4.57. The molecule has 82 valence electrons. The fourth-order valence-electron chi connectivity index (χ4n) is 0.826. The second-order valence-electron chi connectivity index (χ2n) is 2.20. The molecule has 0 unspecified atom stereocenters. The lowest BCUT2D eigenvalue weighted by atomic mass is 10.3. The van der Waals surface area contributed by atoms with E-state index in [1.807, 2.05) is 0 Å². The molecule has 0 amide bonds. The normalized spacial score (nSPS) is 9.93. The van der Waals surface area contributed by atoms with Crippen LogP contribution in [0.15, 0.2) is 42.3 Å². The molecule has 1 aromatic rings. The van der Waals surface area contributed by atoms with Crippen LogP contribution in [0.2, 0.25) is 0 Å². The van der Waals surface area contributed by atoms with Crippen molar-refractivity contribution in [3.8, 4) is 0 Å². The summed E-state index contributed by atoms with van der Waals surface area (Å²) in [7, 11) is -4.52. The summed E-state index contributed by atoms with van der Waals surface area (Å²) in [6.07, 6.45) is 0. The maximum absolute atomic E-state index is 10.6. The Labute approximate surface area is 86.8 Å². The maximum atomic E-state index is 10.6. The van der Waals surface area contributed by atoms with E-state index in [0.29, 0.717) is 0 Å². The van der Waals surface area contributed by atoms with Crippen LogP contribution in [-0.4, -0.2) is 17.9 Å². The number of rotatable bonds is 2. The Bertz CT molecular complexity index is 454. The lowest BCUT2D eigenvalue weighted by Gasteiger charge is -1.97. The highest BCUT2D eigenvalue weighted by Crippen LogP contribution is 2.21. The number of para-hydroxylation sites is 1. The van der Waals surface area contributed by atoms with Crippen LogP contribution in [0.3, 0.4) is 0 Å². The smallest absolute Gasteiger partial charge is 0.282 e. The Morgan fingerprint density at radius 2 is 1.73 bits per heavy atom. The second-order valence-corrected chi connectivity index (χ2v) is 3.59. The third kappa shape index (κ3) is 3.49. The molecule has 15 heavy (non-hydrogen) atoms. The summed E-state index contributed by atoms with van der Waals surface area (Å²) >= 11 is 0. The van der Waals surface area contributed by atoms with Crippen molar-refractivity contribution in [1.82, 2.24) is 0 Å². The van der Waals surface area contributed by atoms with Crippen molar-refractivity contribution in [2.75, 3.05) is 0 Å². The van der Waals surface area contributed by atoms with Crippen molar-refractivity contribution in [2.24, 2.45) is 0 Å². The molecule has 7 heteroatoms. The van der Waals surface area contributed by atoms with Crippen molar-refractivity contribution < 1.29 is 17.9 Å². The average molecular weight is 231 g/mol. The van der Waals surface area contributed by atoms with Crippen molar-refractivity contribution in [1.29, 1.82) is 0 Å². The number of benzene rings is 1. The van der Waals surface area contributed by atoms with Gasteiger partial charge in [-0.25, -0.2) is 0 Å². The Morgan fingerprint density at radius 1 is 1.27 bits per heavy atom. The van der Waals surface area contributed by atoms with Crippen LogP contribution < -0.4 is 0 Å². The molecule has 0 heterocycles. The van der Waals surface area contributed by atoms with Crippen LogP contribution in [0.1, 0.15) is 0 Å². The van der Waals surface area contributed by atoms with Gasteiger partial charge < -0.3 is 0 Å². The fourth-order valence-corrected chi connectivity index (χ4v) is 1.48. The molecule has 0 aromatic heterocycles. The van der Waals surface area contributed by atoms with Gasteiger partial charge in [0.15, 0.2) is 4.90 Å². The quantitative estimate of drug-likeness (QED) is 0.361. The molecule has 0 atom stereocenters. The Morgan fingerprint density at radius 3 is 2.07 bits per heavy atom. The molecular formula is C8H9NO5S. The first-order chi connectivity index (χ1) is 6.93. The lowest BCUT2D eigenvalue weighted by molar-refractivity contribution is -0.387. The zero-order valence-corrected chi connectivity index (χ0v) is 8.48. The highest BCUT2D eigenvalue weighted by Gasteiger charge is 2.22. The molecule has 1 rings (SSSR count). The van der Waals surface area contributed by atoms with E-state index in [9.17, 15) is 18.5 Å². The molecule has 0 aliphatic heterocycles. The minimum atomic E-state index is -4.52. The first-order valence-electron chi connectivity index (χ1n) is 3.64. The molecular weight excluding hydrogens is 222 g/mol. The van der Waals surface area contributed by atoms with E-state index in [1.54, 1.807) is 0 Å². The minimum Gasteiger partial charge on any atom is -0.282 e.